The Bertz CT molecular complexity index is 783. The highest BCUT2D eigenvalue weighted by Gasteiger charge is 2.48. The lowest BCUT2D eigenvalue weighted by atomic mass is 9.90. The lowest BCUT2D eigenvalue weighted by molar-refractivity contribution is 0.0498. The van der Waals surface area contributed by atoms with Crippen molar-refractivity contribution in [1.82, 2.24) is 5.32 Å². The largest absolute Gasteiger partial charge is 0.467 e. The summed E-state index contributed by atoms with van der Waals surface area (Å²) in [6.07, 6.45) is 0.858. The first kappa shape index (κ1) is 14.5. The third-order valence-corrected chi connectivity index (χ3v) is 4.95. The van der Waals surface area contributed by atoms with Gasteiger partial charge in [0.2, 0.25) is 0 Å². The number of para-hydroxylation sites is 1. The second kappa shape index (κ2) is 4.96. The van der Waals surface area contributed by atoms with E-state index >= 15 is 0 Å². The second-order valence-electron chi connectivity index (χ2n) is 6.70. The molecule has 2 heterocycles. The van der Waals surface area contributed by atoms with Crippen LogP contribution in [0.5, 0.6) is 5.75 Å². The van der Waals surface area contributed by atoms with E-state index in [1.54, 1.807) is 0 Å². The maximum atomic E-state index is 6.41. The molecule has 0 aromatic heterocycles. The van der Waals surface area contributed by atoms with E-state index in [1.165, 1.54) is 16.7 Å². The predicted octanol–water partition coefficient (Wildman–Crippen LogP) is 4.24. The number of hydrogen-bond donors (Lipinski definition) is 1. The summed E-state index contributed by atoms with van der Waals surface area (Å²) in [5, 5.41) is 4.22. The number of benzene rings is 2. The minimum Gasteiger partial charge on any atom is -0.467 e. The zero-order valence-electron chi connectivity index (χ0n) is 13.6. The van der Waals surface area contributed by atoms with Crippen molar-refractivity contribution in [1.29, 1.82) is 0 Å². The Morgan fingerprint density at radius 3 is 2.61 bits per heavy atom. The van der Waals surface area contributed by atoms with Gasteiger partial charge in [0.25, 0.3) is 0 Å². The van der Waals surface area contributed by atoms with Gasteiger partial charge in [0.05, 0.1) is 6.04 Å². The molecule has 2 unspecified atom stereocenters. The number of fused-ring (bicyclic) bond motifs is 4. The molecule has 2 bridgehead atoms. The summed E-state index contributed by atoms with van der Waals surface area (Å²) >= 11 is 5.69. The van der Waals surface area contributed by atoms with Gasteiger partial charge in [-0.15, -0.1) is 0 Å². The third-order valence-electron chi connectivity index (χ3n) is 4.65. The molecule has 0 radical (unpaired) electrons. The number of ether oxygens (including phenoxy) is 1. The smallest absolute Gasteiger partial charge is 0.188 e. The number of thiocarbonyl (C=S) groups is 1. The minimum atomic E-state index is -0.471. The van der Waals surface area contributed by atoms with Gasteiger partial charge < -0.3 is 10.1 Å². The third kappa shape index (κ3) is 2.29. The standard InChI is InChI=1S/C19H20N2OS/c1-12-8-13(2)10-14(9-12)21-18(23)20-16-11-19(21,3)22-17-7-5-4-6-15(16)17/h4-10,16H,11H2,1-3H3,(H,20,23). The first-order chi connectivity index (χ1) is 11.0. The van der Waals surface area contributed by atoms with Crippen molar-refractivity contribution >= 4 is 23.0 Å². The SMILES string of the molecule is Cc1cc(C)cc(N2C(=S)NC3CC2(C)Oc2ccccc23)c1. The molecule has 2 atom stereocenters. The van der Waals surface area contributed by atoms with Gasteiger partial charge in [0.15, 0.2) is 10.8 Å². The van der Waals surface area contributed by atoms with E-state index in [4.69, 9.17) is 17.0 Å². The van der Waals surface area contributed by atoms with Crippen LogP contribution >= 0.6 is 12.2 Å². The van der Waals surface area contributed by atoms with Crippen LogP contribution in [0.4, 0.5) is 5.69 Å². The molecule has 4 heteroatoms. The van der Waals surface area contributed by atoms with Gasteiger partial charge in [-0.05, 0) is 62.3 Å². The molecule has 23 heavy (non-hydrogen) atoms. The zero-order chi connectivity index (χ0) is 16.2. The number of nitrogens with zero attached hydrogens (tertiary/aromatic N) is 1. The molecule has 1 fully saturated rings. The average Bonchev–Trinajstić information content (AvgIpc) is 2.45. The monoisotopic (exact) mass is 324 g/mol. The summed E-state index contributed by atoms with van der Waals surface area (Å²) in [4.78, 5) is 2.12. The molecule has 2 aromatic carbocycles. The van der Waals surface area contributed by atoms with Crippen LogP contribution in [-0.4, -0.2) is 10.8 Å². The molecule has 0 saturated carbocycles. The minimum absolute atomic E-state index is 0.208. The topological polar surface area (TPSA) is 24.5 Å². The highest BCUT2D eigenvalue weighted by Crippen LogP contribution is 2.45. The van der Waals surface area contributed by atoms with Crippen LogP contribution < -0.4 is 15.0 Å². The van der Waals surface area contributed by atoms with Crippen molar-refractivity contribution in [2.75, 3.05) is 4.90 Å². The van der Waals surface area contributed by atoms with Gasteiger partial charge in [0.1, 0.15) is 5.75 Å². The molecule has 0 amide bonds. The molecular weight excluding hydrogens is 304 g/mol. The molecule has 2 aromatic rings. The van der Waals surface area contributed by atoms with E-state index in [1.807, 2.05) is 18.2 Å². The van der Waals surface area contributed by atoms with Crippen molar-refractivity contribution in [2.24, 2.45) is 0 Å². The number of nitrogens with one attached hydrogen (secondary N) is 1. The van der Waals surface area contributed by atoms with Crippen LogP contribution in [0.2, 0.25) is 0 Å². The van der Waals surface area contributed by atoms with Crippen LogP contribution in [0.3, 0.4) is 0 Å². The van der Waals surface area contributed by atoms with E-state index in [0.29, 0.717) is 0 Å². The summed E-state index contributed by atoms with van der Waals surface area (Å²) in [7, 11) is 0. The van der Waals surface area contributed by atoms with Gasteiger partial charge in [-0.3, -0.25) is 4.90 Å². The van der Waals surface area contributed by atoms with Crippen LogP contribution in [-0.2, 0) is 0 Å². The fraction of sp³-hybridized carbons (Fsp3) is 0.316. The van der Waals surface area contributed by atoms with Crippen LogP contribution in [0.1, 0.15) is 36.1 Å². The molecule has 2 aliphatic heterocycles. The van der Waals surface area contributed by atoms with Crippen molar-refractivity contribution < 1.29 is 4.74 Å². The fourth-order valence-corrected chi connectivity index (χ4v) is 4.23. The summed E-state index contributed by atoms with van der Waals surface area (Å²) < 4.78 is 6.41. The summed E-state index contributed by atoms with van der Waals surface area (Å²) in [6.45, 7) is 6.35. The van der Waals surface area contributed by atoms with E-state index in [0.717, 1.165) is 23.0 Å². The maximum absolute atomic E-state index is 6.41. The fourth-order valence-electron chi connectivity index (χ4n) is 3.79. The molecule has 1 N–H and O–H groups in total. The Morgan fingerprint density at radius 1 is 1.17 bits per heavy atom. The quantitative estimate of drug-likeness (QED) is 0.793. The highest BCUT2D eigenvalue weighted by molar-refractivity contribution is 7.80. The average molecular weight is 324 g/mol. The molecule has 0 aliphatic carbocycles. The summed E-state index contributed by atoms with van der Waals surface area (Å²) in [6, 6.07) is 14.9. The van der Waals surface area contributed by atoms with Crippen molar-refractivity contribution in [3.05, 3.63) is 59.2 Å². The summed E-state index contributed by atoms with van der Waals surface area (Å²) in [5.41, 5.74) is 4.25. The number of hydrogen-bond acceptors (Lipinski definition) is 2. The van der Waals surface area contributed by atoms with Gasteiger partial charge in [-0.1, -0.05) is 24.3 Å². The highest BCUT2D eigenvalue weighted by atomic mass is 32.1. The van der Waals surface area contributed by atoms with Crippen LogP contribution in [0, 0.1) is 13.8 Å². The van der Waals surface area contributed by atoms with E-state index in [9.17, 15) is 0 Å². The van der Waals surface area contributed by atoms with Gasteiger partial charge >= 0.3 is 0 Å². The lowest BCUT2D eigenvalue weighted by Crippen LogP contribution is -2.65. The molecule has 1 saturated heterocycles. The predicted molar refractivity (Wildman–Crippen MR) is 97.0 cm³/mol. The normalized spacial score (nSPS) is 25.4. The Balaban J connectivity index is 1.82. The molecule has 118 valence electrons. The van der Waals surface area contributed by atoms with E-state index in [-0.39, 0.29) is 6.04 Å². The Morgan fingerprint density at radius 2 is 1.87 bits per heavy atom. The van der Waals surface area contributed by atoms with Gasteiger partial charge in [0, 0.05) is 17.7 Å². The van der Waals surface area contributed by atoms with Crippen molar-refractivity contribution in [2.45, 2.75) is 39.0 Å². The summed E-state index contributed by atoms with van der Waals surface area (Å²) in [5.74, 6) is 0.940. The second-order valence-corrected chi connectivity index (χ2v) is 7.09. The molecule has 4 rings (SSSR count). The number of aryl methyl sites for hydroxylation is 2. The Kier molecular flexibility index (Phi) is 3.13. The van der Waals surface area contributed by atoms with Crippen LogP contribution in [0.25, 0.3) is 0 Å². The molecule has 0 spiro atoms. The molecule has 2 aliphatic rings. The van der Waals surface area contributed by atoms with E-state index in [2.05, 4.69) is 55.3 Å². The number of rotatable bonds is 1. The maximum Gasteiger partial charge on any atom is 0.188 e. The van der Waals surface area contributed by atoms with Gasteiger partial charge in [-0.25, -0.2) is 0 Å². The van der Waals surface area contributed by atoms with Gasteiger partial charge in [-0.2, -0.15) is 0 Å². The molecule has 3 nitrogen and oxygen atoms in total. The lowest BCUT2D eigenvalue weighted by Gasteiger charge is -2.52. The number of anilines is 1. The Labute approximate surface area is 142 Å². The Hall–Kier alpha value is -2.07. The van der Waals surface area contributed by atoms with Crippen molar-refractivity contribution in [3.8, 4) is 5.75 Å². The van der Waals surface area contributed by atoms with E-state index < -0.39 is 5.72 Å². The molecular formula is C19H20N2OS. The first-order valence-electron chi connectivity index (χ1n) is 7.93. The van der Waals surface area contributed by atoms with Crippen LogP contribution in [0.15, 0.2) is 42.5 Å². The zero-order valence-corrected chi connectivity index (χ0v) is 14.4. The van der Waals surface area contributed by atoms with Crippen molar-refractivity contribution in [3.63, 3.8) is 0 Å². The first-order valence-corrected chi connectivity index (χ1v) is 8.34.